The first-order valence-electron chi connectivity index (χ1n) is 8.52. The summed E-state index contributed by atoms with van der Waals surface area (Å²) in [5.41, 5.74) is 0.904. The molecule has 1 atom stereocenters. The molecule has 0 bridgehead atoms. The fourth-order valence-electron chi connectivity index (χ4n) is 3.02. The molecule has 3 aromatic rings. The van der Waals surface area contributed by atoms with Crippen molar-refractivity contribution in [3.8, 4) is 11.4 Å². The summed E-state index contributed by atoms with van der Waals surface area (Å²) in [4.78, 5) is 13.0. The van der Waals surface area contributed by atoms with E-state index in [0.717, 1.165) is 49.7 Å². The summed E-state index contributed by atoms with van der Waals surface area (Å²) in [7, 11) is 0. The molecule has 0 amide bonds. The number of hydrogen-bond acceptors (Lipinski definition) is 7. The molecular weight excluding hydrogens is 320 g/mol. The number of hydrogen-bond donors (Lipinski definition) is 0. The highest BCUT2D eigenvalue weighted by Crippen LogP contribution is 2.21. The standard InChI is InChI=1S/C17H20N6O2/c1-12-19-15(23(21-12)14-7-10-24-11-14)3-2-4-16-20-17(22-25-16)13-5-8-18-9-6-13/h5-6,8-9,14H,2-4,7,10-11H2,1H3. The first-order chi connectivity index (χ1) is 12.3. The molecule has 8 heteroatoms. The van der Waals surface area contributed by atoms with Crippen LogP contribution in [-0.4, -0.2) is 43.1 Å². The highest BCUT2D eigenvalue weighted by molar-refractivity contribution is 5.52. The normalized spacial score (nSPS) is 17.2. The van der Waals surface area contributed by atoms with Crippen LogP contribution in [0.2, 0.25) is 0 Å². The molecule has 1 unspecified atom stereocenters. The third kappa shape index (κ3) is 3.58. The first-order valence-corrected chi connectivity index (χ1v) is 8.52. The van der Waals surface area contributed by atoms with Gasteiger partial charge < -0.3 is 9.26 Å². The molecule has 4 heterocycles. The van der Waals surface area contributed by atoms with Crippen LogP contribution >= 0.6 is 0 Å². The van der Waals surface area contributed by atoms with E-state index < -0.39 is 0 Å². The van der Waals surface area contributed by atoms with Crippen molar-refractivity contribution >= 4 is 0 Å². The molecular formula is C17H20N6O2. The van der Waals surface area contributed by atoms with Crippen molar-refractivity contribution in [2.45, 2.75) is 38.6 Å². The number of aryl methyl sites for hydroxylation is 3. The van der Waals surface area contributed by atoms with Crippen LogP contribution in [0.5, 0.6) is 0 Å². The molecule has 3 aromatic heterocycles. The molecule has 0 N–H and O–H groups in total. The minimum atomic E-state index is 0.304. The molecule has 1 aliphatic heterocycles. The van der Waals surface area contributed by atoms with Gasteiger partial charge in [-0.2, -0.15) is 10.1 Å². The van der Waals surface area contributed by atoms with Crippen molar-refractivity contribution in [2.24, 2.45) is 0 Å². The van der Waals surface area contributed by atoms with E-state index in [2.05, 4.69) is 25.2 Å². The van der Waals surface area contributed by atoms with Gasteiger partial charge in [-0.15, -0.1) is 0 Å². The van der Waals surface area contributed by atoms with E-state index in [1.807, 2.05) is 23.7 Å². The largest absolute Gasteiger partial charge is 0.379 e. The van der Waals surface area contributed by atoms with Gasteiger partial charge in [0.25, 0.3) is 0 Å². The number of ether oxygens (including phenoxy) is 1. The SMILES string of the molecule is Cc1nc(CCCc2nc(-c3ccncc3)no2)n(C2CCOC2)n1. The van der Waals surface area contributed by atoms with Gasteiger partial charge in [0.1, 0.15) is 11.6 Å². The van der Waals surface area contributed by atoms with Crippen LogP contribution in [0.3, 0.4) is 0 Å². The number of aromatic nitrogens is 6. The third-order valence-electron chi connectivity index (χ3n) is 4.26. The zero-order valence-corrected chi connectivity index (χ0v) is 14.1. The predicted octanol–water partition coefficient (Wildman–Crippen LogP) is 2.17. The van der Waals surface area contributed by atoms with Crippen molar-refractivity contribution in [3.63, 3.8) is 0 Å². The van der Waals surface area contributed by atoms with Gasteiger partial charge in [-0.25, -0.2) is 9.67 Å². The van der Waals surface area contributed by atoms with Gasteiger partial charge in [0.05, 0.1) is 12.6 Å². The predicted molar refractivity (Wildman–Crippen MR) is 88.8 cm³/mol. The maximum atomic E-state index is 5.47. The van der Waals surface area contributed by atoms with Crippen LogP contribution in [0.1, 0.15) is 36.4 Å². The third-order valence-corrected chi connectivity index (χ3v) is 4.26. The minimum Gasteiger partial charge on any atom is -0.379 e. The Balaban J connectivity index is 1.38. The maximum absolute atomic E-state index is 5.47. The summed E-state index contributed by atoms with van der Waals surface area (Å²) in [6.45, 7) is 3.44. The van der Waals surface area contributed by atoms with E-state index >= 15 is 0 Å². The van der Waals surface area contributed by atoms with Crippen LogP contribution in [-0.2, 0) is 17.6 Å². The second-order valence-corrected chi connectivity index (χ2v) is 6.14. The van der Waals surface area contributed by atoms with E-state index in [1.54, 1.807) is 12.4 Å². The van der Waals surface area contributed by atoms with Crippen LogP contribution in [0, 0.1) is 6.92 Å². The first kappa shape index (κ1) is 15.9. The molecule has 1 fully saturated rings. The zero-order chi connectivity index (χ0) is 17.1. The molecule has 130 valence electrons. The Labute approximate surface area is 145 Å². The van der Waals surface area contributed by atoms with Gasteiger partial charge in [0.15, 0.2) is 0 Å². The van der Waals surface area contributed by atoms with Crippen LogP contribution < -0.4 is 0 Å². The van der Waals surface area contributed by atoms with Crippen LogP contribution in [0.4, 0.5) is 0 Å². The summed E-state index contributed by atoms with van der Waals surface area (Å²) >= 11 is 0. The summed E-state index contributed by atoms with van der Waals surface area (Å²) in [5.74, 6) is 3.04. The van der Waals surface area contributed by atoms with Gasteiger partial charge in [-0.1, -0.05) is 5.16 Å². The Bertz CT molecular complexity index is 823. The second-order valence-electron chi connectivity index (χ2n) is 6.14. The number of rotatable bonds is 6. The van der Waals surface area contributed by atoms with Crippen molar-refractivity contribution in [1.29, 1.82) is 0 Å². The quantitative estimate of drug-likeness (QED) is 0.679. The Hall–Kier alpha value is -2.61. The summed E-state index contributed by atoms with van der Waals surface area (Å²) in [6, 6.07) is 4.03. The lowest BCUT2D eigenvalue weighted by Gasteiger charge is -2.10. The average molecular weight is 340 g/mol. The van der Waals surface area contributed by atoms with E-state index in [0.29, 0.717) is 24.2 Å². The molecule has 0 spiro atoms. The Morgan fingerprint density at radius 3 is 2.88 bits per heavy atom. The maximum Gasteiger partial charge on any atom is 0.226 e. The average Bonchev–Trinajstić information content (AvgIpc) is 3.36. The fraction of sp³-hybridized carbons (Fsp3) is 0.471. The molecule has 25 heavy (non-hydrogen) atoms. The van der Waals surface area contributed by atoms with Gasteiger partial charge in [0.2, 0.25) is 11.7 Å². The van der Waals surface area contributed by atoms with Crippen molar-refractivity contribution in [1.82, 2.24) is 29.9 Å². The van der Waals surface area contributed by atoms with Crippen LogP contribution in [0.15, 0.2) is 29.0 Å². The topological polar surface area (TPSA) is 91.8 Å². The Kier molecular flexibility index (Phi) is 4.51. The molecule has 0 aliphatic carbocycles. The number of pyridine rings is 1. The van der Waals surface area contributed by atoms with E-state index in [-0.39, 0.29) is 0 Å². The lowest BCUT2D eigenvalue weighted by Crippen LogP contribution is -2.14. The van der Waals surface area contributed by atoms with Gasteiger partial charge >= 0.3 is 0 Å². The Morgan fingerprint density at radius 2 is 2.08 bits per heavy atom. The van der Waals surface area contributed by atoms with Crippen LogP contribution in [0.25, 0.3) is 11.4 Å². The molecule has 4 rings (SSSR count). The van der Waals surface area contributed by atoms with E-state index in [4.69, 9.17) is 9.26 Å². The molecule has 0 saturated carbocycles. The molecule has 1 saturated heterocycles. The van der Waals surface area contributed by atoms with Gasteiger partial charge in [-0.05, 0) is 31.9 Å². The zero-order valence-electron chi connectivity index (χ0n) is 14.1. The highest BCUT2D eigenvalue weighted by atomic mass is 16.5. The molecule has 0 radical (unpaired) electrons. The molecule has 8 nitrogen and oxygen atoms in total. The molecule has 0 aromatic carbocycles. The summed E-state index contributed by atoms with van der Waals surface area (Å²) < 4.78 is 12.8. The summed E-state index contributed by atoms with van der Waals surface area (Å²) in [5, 5.41) is 8.56. The smallest absolute Gasteiger partial charge is 0.226 e. The van der Waals surface area contributed by atoms with Gasteiger partial charge in [0, 0.05) is 37.4 Å². The number of nitrogens with zero attached hydrogens (tertiary/aromatic N) is 6. The monoisotopic (exact) mass is 340 g/mol. The Morgan fingerprint density at radius 1 is 1.20 bits per heavy atom. The molecule has 1 aliphatic rings. The van der Waals surface area contributed by atoms with Crippen molar-refractivity contribution in [3.05, 3.63) is 42.1 Å². The lowest BCUT2D eigenvalue weighted by atomic mass is 10.2. The second kappa shape index (κ2) is 7.10. The lowest BCUT2D eigenvalue weighted by molar-refractivity contribution is 0.183. The summed E-state index contributed by atoms with van der Waals surface area (Å²) in [6.07, 6.45) is 6.84. The minimum absolute atomic E-state index is 0.304. The van der Waals surface area contributed by atoms with Crippen molar-refractivity contribution < 1.29 is 9.26 Å². The van der Waals surface area contributed by atoms with Crippen molar-refractivity contribution in [2.75, 3.05) is 13.2 Å². The fourth-order valence-corrected chi connectivity index (χ4v) is 3.02. The van der Waals surface area contributed by atoms with Gasteiger partial charge in [-0.3, -0.25) is 4.98 Å². The van der Waals surface area contributed by atoms with E-state index in [9.17, 15) is 0 Å². The van der Waals surface area contributed by atoms with E-state index in [1.165, 1.54) is 0 Å². The highest BCUT2D eigenvalue weighted by Gasteiger charge is 2.22.